The van der Waals surface area contributed by atoms with E-state index in [1.54, 1.807) is 6.20 Å². The molecule has 0 saturated carbocycles. The zero-order valence-corrected chi connectivity index (χ0v) is 12.8. The van der Waals surface area contributed by atoms with Crippen molar-refractivity contribution in [1.82, 2.24) is 9.97 Å². The molecule has 0 radical (unpaired) electrons. The Kier molecular flexibility index (Phi) is 11.6. The third-order valence-electron chi connectivity index (χ3n) is 2.82. The van der Waals surface area contributed by atoms with Crippen LogP contribution in [0.25, 0.3) is 0 Å². The van der Waals surface area contributed by atoms with E-state index in [2.05, 4.69) is 16.9 Å². The number of carboxylic acid groups (broad SMARTS) is 1. The number of aliphatic hydroxyl groups excluding tert-OH is 1. The predicted octanol–water partition coefficient (Wildman–Crippen LogP) is 1.05. The van der Waals surface area contributed by atoms with Gasteiger partial charge in [0.25, 0.3) is 0 Å². The third-order valence-corrected chi connectivity index (χ3v) is 2.82. The van der Waals surface area contributed by atoms with Gasteiger partial charge in [0, 0.05) is 12.6 Å². The van der Waals surface area contributed by atoms with Crippen molar-refractivity contribution in [2.24, 2.45) is 5.73 Å². The van der Waals surface area contributed by atoms with Crippen molar-refractivity contribution in [2.75, 3.05) is 0 Å². The Balaban J connectivity index is 0.000000401. The van der Waals surface area contributed by atoms with Crippen molar-refractivity contribution in [3.63, 3.8) is 0 Å². The minimum absolute atomic E-state index is 0.263. The molecule has 1 aromatic heterocycles. The molecule has 5 N–H and O–H groups in total. The summed E-state index contributed by atoms with van der Waals surface area (Å²) in [4.78, 5) is 26.7. The van der Waals surface area contributed by atoms with E-state index < -0.39 is 18.1 Å². The Hall–Kier alpha value is -1.99. The number of nitrogens with zero attached hydrogens (tertiary/aromatic N) is 1. The van der Waals surface area contributed by atoms with Gasteiger partial charge in [0.1, 0.15) is 12.3 Å². The van der Waals surface area contributed by atoms with Crippen LogP contribution in [0.15, 0.2) is 24.7 Å². The first-order valence-electron chi connectivity index (χ1n) is 7.27. The number of aliphatic hydroxyl groups is 1. The normalized spacial score (nSPS) is 13.2. The molecule has 1 aromatic rings. The highest BCUT2D eigenvalue weighted by atomic mass is 16.4. The van der Waals surface area contributed by atoms with Crippen LogP contribution in [0.4, 0.5) is 0 Å². The molecule has 1 heterocycles. The number of H-pyrrole nitrogens is 1. The second-order valence-electron chi connectivity index (χ2n) is 4.79. The average Bonchev–Trinajstić information content (AvgIpc) is 2.99. The minimum Gasteiger partial charge on any atom is -0.480 e. The summed E-state index contributed by atoms with van der Waals surface area (Å²) in [7, 11) is 0. The molecule has 7 heteroatoms. The number of carbonyl (C=O) groups is 2. The summed E-state index contributed by atoms with van der Waals surface area (Å²) in [6.07, 6.45) is 10.6. The SMILES string of the molecule is CCCCCC(O)C=CC=O.N[C@@H](Cc1c[nH]cn1)C(=O)O. The number of aromatic nitrogens is 2. The van der Waals surface area contributed by atoms with Crippen LogP contribution in [-0.2, 0) is 16.0 Å². The van der Waals surface area contributed by atoms with Gasteiger partial charge in [-0.05, 0) is 12.5 Å². The van der Waals surface area contributed by atoms with Gasteiger partial charge in [-0.2, -0.15) is 0 Å². The van der Waals surface area contributed by atoms with Crippen LogP contribution in [0.1, 0.15) is 38.3 Å². The molecule has 0 spiro atoms. The number of nitrogens with one attached hydrogen (secondary N) is 1. The van der Waals surface area contributed by atoms with Gasteiger partial charge in [0.15, 0.2) is 0 Å². The Bertz CT molecular complexity index is 432. The summed E-state index contributed by atoms with van der Waals surface area (Å²) in [5, 5.41) is 17.6. The predicted molar refractivity (Wildman–Crippen MR) is 83.3 cm³/mol. The van der Waals surface area contributed by atoms with Gasteiger partial charge in [0.2, 0.25) is 0 Å². The monoisotopic (exact) mass is 311 g/mol. The number of aldehydes is 1. The zero-order chi connectivity index (χ0) is 16.8. The van der Waals surface area contributed by atoms with Crippen LogP contribution in [0.2, 0.25) is 0 Å². The molecule has 0 aliphatic carbocycles. The van der Waals surface area contributed by atoms with E-state index in [-0.39, 0.29) is 6.42 Å². The minimum atomic E-state index is -1.01. The van der Waals surface area contributed by atoms with Crippen molar-refractivity contribution in [2.45, 2.75) is 51.2 Å². The molecule has 2 atom stereocenters. The number of carbonyl (C=O) groups excluding carboxylic acids is 1. The van der Waals surface area contributed by atoms with Crippen LogP contribution < -0.4 is 5.73 Å². The summed E-state index contributed by atoms with van der Waals surface area (Å²) >= 11 is 0. The van der Waals surface area contributed by atoms with Gasteiger partial charge in [0.05, 0.1) is 18.1 Å². The fourth-order valence-corrected chi connectivity index (χ4v) is 1.59. The number of hydrogen-bond acceptors (Lipinski definition) is 5. The molecule has 22 heavy (non-hydrogen) atoms. The van der Waals surface area contributed by atoms with Crippen LogP contribution in [0.5, 0.6) is 0 Å². The second kappa shape index (κ2) is 12.7. The summed E-state index contributed by atoms with van der Waals surface area (Å²) < 4.78 is 0. The number of carboxylic acids is 1. The number of imidazole rings is 1. The number of aromatic amines is 1. The topological polar surface area (TPSA) is 129 Å². The first kappa shape index (κ1) is 20.0. The molecule has 0 fully saturated rings. The summed E-state index contributed by atoms with van der Waals surface area (Å²) in [6, 6.07) is -0.863. The molecule has 1 unspecified atom stereocenters. The van der Waals surface area contributed by atoms with E-state index >= 15 is 0 Å². The van der Waals surface area contributed by atoms with Crippen molar-refractivity contribution < 1.29 is 19.8 Å². The molecule has 0 aliphatic rings. The standard InChI is InChI=1S/C9H16O2.C6H9N3O2/c1-2-3-4-6-9(11)7-5-8-10;7-5(6(10)11)1-4-2-8-3-9-4/h5,7-9,11H,2-4,6H2,1H3;2-3,5H,1,7H2,(H,8,9)(H,10,11)/t;5-/m.0/s1. The smallest absolute Gasteiger partial charge is 0.320 e. The second-order valence-corrected chi connectivity index (χ2v) is 4.79. The Morgan fingerprint density at radius 2 is 2.23 bits per heavy atom. The highest BCUT2D eigenvalue weighted by Crippen LogP contribution is 2.03. The van der Waals surface area contributed by atoms with Gasteiger partial charge in [-0.15, -0.1) is 0 Å². The average molecular weight is 311 g/mol. The zero-order valence-electron chi connectivity index (χ0n) is 12.8. The first-order chi connectivity index (χ1) is 10.5. The molecule has 0 bridgehead atoms. The van der Waals surface area contributed by atoms with Crippen LogP contribution in [0, 0.1) is 0 Å². The van der Waals surface area contributed by atoms with Gasteiger partial charge >= 0.3 is 5.97 Å². The van der Waals surface area contributed by atoms with Gasteiger partial charge in [-0.1, -0.05) is 32.3 Å². The van der Waals surface area contributed by atoms with Gasteiger partial charge in [-0.3, -0.25) is 9.59 Å². The number of rotatable bonds is 9. The molecule has 1 rings (SSSR count). The lowest BCUT2D eigenvalue weighted by Crippen LogP contribution is -2.32. The lowest BCUT2D eigenvalue weighted by atomic mass is 10.1. The summed E-state index contributed by atoms with van der Waals surface area (Å²) in [6.45, 7) is 2.12. The van der Waals surface area contributed by atoms with Crippen LogP contribution in [-0.4, -0.2) is 44.6 Å². The number of hydrogen-bond donors (Lipinski definition) is 4. The van der Waals surface area contributed by atoms with Crippen LogP contribution in [0.3, 0.4) is 0 Å². The lowest BCUT2D eigenvalue weighted by molar-refractivity contribution is -0.138. The van der Waals surface area contributed by atoms with E-state index in [1.807, 2.05) is 0 Å². The summed E-state index contributed by atoms with van der Waals surface area (Å²) in [5.41, 5.74) is 5.92. The Morgan fingerprint density at radius 3 is 2.73 bits per heavy atom. The lowest BCUT2D eigenvalue weighted by Gasteiger charge is -2.02. The first-order valence-corrected chi connectivity index (χ1v) is 7.27. The van der Waals surface area contributed by atoms with E-state index in [9.17, 15) is 9.59 Å². The maximum absolute atomic E-state index is 10.3. The molecule has 7 nitrogen and oxygen atoms in total. The molecular formula is C15H25N3O4. The largest absolute Gasteiger partial charge is 0.480 e. The number of nitrogens with two attached hydrogens (primary N) is 1. The van der Waals surface area contributed by atoms with Crippen molar-refractivity contribution >= 4 is 12.3 Å². The maximum atomic E-state index is 10.3. The fraction of sp³-hybridized carbons (Fsp3) is 0.533. The number of unbranched alkanes of at least 4 members (excludes halogenated alkanes) is 2. The molecular weight excluding hydrogens is 286 g/mol. The van der Waals surface area contributed by atoms with E-state index in [4.69, 9.17) is 15.9 Å². The van der Waals surface area contributed by atoms with Crippen molar-refractivity contribution in [3.8, 4) is 0 Å². The van der Waals surface area contributed by atoms with Crippen LogP contribution >= 0.6 is 0 Å². The Morgan fingerprint density at radius 1 is 1.50 bits per heavy atom. The fourth-order valence-electron chi connectivity index (χ4n) is 1.59. The highest BCUT2D eigenvalue weighted by molar-refractivity contribution is 5.73. The third kappa shape index (κ3) is 10.8. The molecule has 124 valence electrons. The molecule has 0 saturated heterocycles. The number of allylic oxidation sites excluding steroid dienone is 1. The number of aliphatic carboxylic acids is 1. The van der Waals surface area contributed by atoms with Gasteiger partial charge in [-0.25, -0.2) is 4.98 Å². The van der Waals surface area contributed by atoms with E-state index in [0.29, 0.717) is 12.0 Å². The molecule has 0 aromatic carbocycles. The summed E-state index contributed by atoms with van der Waals surface area (Å²) in [5.74, 6) is -1.01. The van der Waals surface area contributed by atoms with Gasteiger partial charge < -0.3 is 20.9 Å². The quantitative estimate of drug-likeness (QED) is 0.306. The maximum Gasteiger partial charge on any atom is 0.320 e. The highest BCUT2D eigenvalue weighted by Gasteiger charge is 2.12. The molecule has 0 amide bonds. The van der Waals surface area contributed by atoms with E-state index in [0.717, 1.165) is 25.7 Å². The molecule has 0 aliphatic heterocycles. The van der Waals surface area contributed by atoms with E-state index in [1.165, 1.54) is 18.5 Å². The Labute approximate surface area is 130 Å². The van der Waals surface area contributed by atoms with Crippen molar-refractivity contribution in [1.29, 1.82) is 0 Å². The van der Waals surface area contributed by atoms with Crippen molar-refractivity contribution in [3.05, 3.63) is 30.4 Å².